The van der Waals surface area contributed by atoms with E-state index in [2.05, 4.69) is 0 Å². The Balaban J connectivity index is 1.44. The van der Waals surface area contributed by atoms with Crippen LogP contribution < -0.4 is 4.74 Å². The van der Waals surface area contributed by atoms with E-state index < -0.39 is 49.1 Å². The fraction of sp³-hybridized carbons (Fsp3) is 0.417. The number of unbranched alkanes of at least 4 members (excludes halogenated alkanes) is 2. The first kappa shape index (κ1) is 34.2. The fourth-order valence-electron chi connectivity index (χ4n) is 5.85. The van der Waals surface area contributed by atoms with Gasteiger partial charge in [-0.25, -0.2) is 0 Å². The number of imide groups is 1. The van der Waals surface area contributed by atoms with Crippen LogP contribution in [0, 0.1) is 0 Å². The van der Waals surface area contributed by atoms with E-state index in [1.807, 2.05) is 54.6 Å². The van der Waals surface area contributed by atoms with E-state index >= 15 is 0 Å². The zero-order valence-electron chi connectivity index (χ0n) is 26.6. The summed E-state index contributed by atoms with van der Waals surface area (Å²) >= 11 is 0. The molecular weight excluding hydrogens is 606 g/mol. The molecule has 3 aromatic rings. The summed E-state index contributed by atoms with van der Waals surface area (Å²) in [5.41, 5.74) is 2.27. The van der Waals surface area contributed by atoms with Gasteiger partial charge in [-0.15, -0.1) is 0 Å². The molecular formula is C36H41NO10. The average molecular weight is 648 g/mol. The first-order valence-corrected chi connectivity index (χ1v) is 15.8. The van der Waals surface area contributed by atoms with Crippen LogP contribution in [-0.2, 0) is 41.7 Å². The largest absolute Gasteiger partial charge is 0.497 e. The summed E-state index contributed by atoms with van der Waals surface area (Å²) in [4.78, 5) is 40.4. The first-order chi connectivity index (χ1) is 22.9. The van der Waals surface area contributed by atoms with Gasteiger partial charge in [0.1, 0.15) is 30.1 Å². The summed E-state index contributed by atoms with van der Waals surface area (Å²) in [5.74, 6) is -0.564. The van der Waals surface area contributed by atoms with Gasteiger partial charge in [0.05, 0.1) is 45.2 Å². The number of aliphatic hydroxyl groups excluding tert-OH is 1. The topological polar surface area (TPSA) is 130 Å². The minimum absolute atomic E-state index is 0.139. The number of aliphatic hydroxyl groups is 1. The molecule has 5 atom stereocenters. The van der Waals surface area contributed by atoms with Crippen LogP contribution in [0.3, 0.4) is 0 Å². The minimum atomic E-state index is -1.13. The summed E-state index contributed by atoms with van der Waals surface area (Å²) in [7, 11) is 2.94. The van der Waals surface area contributed by atoms with Crippen molar-refractivity contribution in [2.75, 3.05) is 27.4 Å². The molecule has 5 rings (SSSR count). The van der Waals surface area contributed by atoms with Gasteiger partial charge in [-0.05, 0) is 48.2 Å². The number of ether oxygens (including phenoxy) is 6. The third-order valence-electron chi connectivity index (χ3n) is 8.34. The number of fused-ring (bicyclic) bond motifs is 1. The van der Waals surface area contributed by atoms with Crippen LogP contribution in [0.1, 0.15) is 57.5 Å². The maximum atomic E-state index is 13.9. The van der Waals surface area contributed by atoms with E-state index in [9.17, 15) is 19.5 Å². The van der Waals surface area contributed by atoms with Crippen molar-refractivity contribution >= 4 is 17.8 Å². The van der Waals surface area contributed by atoms with Gasteiger partial charge in [-0.2, -0.15) is 0 Å². The second kappa shape index (κ2) is 16.6. The van der Waals surface area contributed by atoms with Gasteiger partial charge in [0.15, 0.2) is 6.29 Å². The van der Waals surface area contributed by atoms with Crippen LogP contribution in [0.4, 0.5) is 0 Å². The number of methoxy groups -OCH3 is 2. The molecule has 2 aliphatic rings. The highest BCUT2D eigenvalue weighted by Gasteiger charge is 2.55. The molecule has 0 saturated carbocycles. The Morgan fingerprint density at radius 1 is 0.766 bits per heavy atom. The van der Waals surface area contributed by atoms with Crippen LogP contribution >= 0.6 is 0 Å². The van der Waals surface area contributed by atoms with Crippen molar-refractivity contribution in [3.63, 3.8) is 0 Å². The second-order valence-corrected chi connectivity index (χ2v) is 11.4. The van der Waals surface area contributed by atoms with E-state index in [-0.39, 0.29) is 36.9 Å². The Kier molecular flexibility index (Phi) is 12.1. The second-order valence-electron chi connectivity index (χ2n) is 11.4. The Morgan fingerprint density at radius 3 is 2.00 bits per heavy atom. The SMILES string of the molecule is COC(=O)CCCCCO[C@@H]1O[C@H](CO)[C@@H](OCc2ccc(OC)cc2)[C@H](OCc2ccccc2)[C@H]1N1C(=O)c2ccccc2C1=O. The third-order valence-corrected chi connectivity index (χ3v) is 8.34. The monoisotopic (exact) mass is 647 g/mol. The number of carbonyl (C=O) groups is 3. The standard InChI is InChI=1S/C36H41NO10/c1-42-26-18-16-25(17-19-26)23-45-32-29(21-38)47-36(44-20-10-4-7-15-30(39)43-2)31(33(32)46-22-24-11-5-3-6-12-24)37-34(40)27-13-8-9-14-28(27)35(37)41/h3,5-6,8-9,11-14,16-19,29,31-33,36,38H,4,7,10,15,20-23H2,1-2H3/t29-,31-,32-,33-,36-/m1/s1. The summed E-state index contributed by atoms with van der Waals surface area (Å²) < 4.78 is 35.5. The lowest BCUT2D eigenvalue weighted by atomic mass is 9.94. The lowest BCUT2D eigenvalue weighted by Gasteiger charge is -2.48. The number of nitrogens with zero attached hydrogens (tertiary/aromatic N) is 1. The van der Waals surface area contributed by atoms with E-state index in [1.165, 1.54) is 7.11 Å². The molecule has 0 spiro atoms. The highest BCUT2D eigenvalue weighted by molar-refractivity contribution is 6.21. The molecule has 0 aliphatic carbocycles. The molecule has 2 aliphatic heterocycles. The molecule has 1 saturated heterocycles. The predicted octanol–water partition coefficient (Wildman–Crippen LogP) is 4.30. The number of benzene rings is 3. The Morgan fingerprint density at radius 2 is 1.38 bits per heavy atom. The van der Waals surface area contributed by atoms with Gasteiger partial charge in [0.2, 0.25) is 0 Å². The molecule has 0 bridgehead atoms. The van der Waals surface area contributed by atoms with E-state index in [0.717, 1.165) is 16.0 Å². The van der Waals surface area contributed by atoms with Crippen LogP contribution in [0.15, 0.2) is 78.9 Å². The molecule has 1 N–H and O–H groups in total. The molecule has 3 aromatic carbocycles. The smallest absolute Gasteiger partial charge is 0.305 e. The summed E-state index contributed by atoms with van der Waals surface area (Å²) in [5, 5.41) is 10.5. The van der Waals surface area contributed by atoms with Crippen molar-refractivity contribution in [3.8, 4) is 5.75 Å². The zero-order chi connectivity index (χ0) is 33.2. The molecule has 0 unspecified atom stereocenters. The normalized spacial score (nSPS) is 22.3. The van der Waals surface area contributed by atoms with E-state index in [4.69, 9.17) is 28.4 Å². The minimum Gasteiger partial charge on any atom is -0.497 e. The average Bonchev–Trinajstić information content (AvgIpc) is 3.36. The quantitative estimate of drug-likeness (QED) is 0.137. The number of esters is 1. The van der Waals surface area contributed by atoms with Crippen LogP contribution in [0.2, 0.25) is 0 Å². The summed E-state index contributed by atoms with van der Waals surface area (Å²) in [6.45, 7) is 0.0744. The number of hydrogen-bond donors (Lipinski definition) is 1. The fourth-order valence-corrected chi connectivity index (χ4v) is 5.85. The third kappa shape index (κ3) is 8.24. The lowest BCUT2D eigenvalue weighted by Crippen LogP contribution is -2.67. The molecule has 0 aromatic heterocycles. The Hall–Kier alpha value is -4.13. The van der Waals surface area contributed by atoms with Crippen molar-refractivity contribution in [2.24, 2.45) is 0 Å². The van der Waals surface area contributed by atoms with Gasteiger partial charge < -0.3 is 33.5 Å². The van der Waals surface area contributed by atoms with Gasteiger partial charge >= 0.3 is 5.97 Å². The van der Waals surface area contributed by atoms with Crippen molar-refractivity contribution < 1.29 is 47.9 Å². The summed E-state index contributed by atoms with van der Waals surface area (Å²) in [6.07, 6.45) is -1.67. The molecule has 0 radical (unpaired) electrons. The van der Waals surface area contributed by atoms with Gasteiger partial charge in [0, 0.05) is 13.0 Å². The molecule has 1 fully saturated rings. The van der Waals surface area contributed by atoms with Gasteiger partial charge in [-0.1, -0.05) is 61.0 Å². The zero-order valence-corrected chi connectivity index (χ0v) is 26.6. The van der Waals surface area contributed by atoms with Crippen LogP contribution in [0.25, 0.3) is 0 Å². The number of amides is 2. The number of carbonyl (C=O) groups excluding carboxylic acids is 3. The Labute approximate surface area is 274 Å². The molecule has 250 valence electrons. The molecule has 11 heteroatoms. The van der Waals surface area contributed by atoms with Gasteiger partial charge in [0.25, 0.3) is 11.8 Å². The maximum absolute atomic E-state index is 13.9. The van der Waals surface area contributed by atoms with Crippen LogP contribution in [-0.4, -0.2) is 85.9 Å². The number of rotatable bonds is 16. The van der Waals surface area contributed by atoms with Crippen molar-refractivity contribution in [3.05, 3.63) is 101 Å². The first-order valence-electron chi connectivity index (χ1n) is 15.8. The van der Waals surface area contributed by atoms with Crippen molar-refractivity contribution in [1.82, 2.24) is 4.90 Å². The highest BCUT2D eigenvalue weighted by Crippen LogP contribution is 2.36. The molecule has 11 nitrogen and oxygen atoms in total. The highest BCUT2D eigenvalue weighted by atomic mass is 16.7. The molecule has 2 heterocycles. The van der Waals surface area contributed by atoms with Crippen LogP contribution in [0.5, 0.6) is 5.75 Å². The lowest BCUT2D eigenvalue weighted by molar-refractivity contribution is -0.296. The summed E-state index contributed by atoms with van der Waals surface area (Å²) in [6, 6.07) is 22.5. The molecule has 47 heavy (non-hydrogen) atoms. The van der Waals surface area contributed by atoms with Crippen molar-refractivity contribution in [2.45, 2.75) is 69.5 Å². The Bertz CT molecular complexity index is 1450. The van der Waals surface area contributed by atoms with Gasteiger partial charge in [-0.3, -0.25) is 19.3 Å². The maximum Gasteiger partial charge on any atom is 0.305 e. The van der Waals surface area contributed by atoms with E-state index in [1.54, 1.807) is 31.4 Å². The molecule has 2 amide bonds. The number of hydrogen-bond acceptors (Lipinski definition) is 10. The van der Waals surface area contributed by atoms with Crippen molar-refractivity contribution in [1.29, 1.82) is 0 Å². The van der Waals surface area contributed by atoms with E-state index in [0.29, 0.717) is 31.4 Å². The predicted molar refractivity (Wildman–Crippen MR) is 170 cm³/mol.